The molecule has 0 saturated heterocycles. The summed E-state index contributed by atoms with van der Waals surface area (Å²) in [6.45, 7) is 0. The third-order valence-corrected chi connectivity index (χ3v) is 2.05. The molecule has 0 atom stereocenters. The minimum Gasteiger partial charge on any atom is -0.476 e. The second-order valence-electron chi connectivity index (χ2n) is 2.87. The molecule has 0 aromatic rings. The highest BCUT2D eigenvalue weighted by molar-refractivity contribution is 6.05. The van der Waals surface area contributed by atoms with Crippen molar-refractivity contribution in [2.75, 3.05) is 0 Å². The van der Waals surface area contributed by atoms with Crippen LogP contribution in [0.2, 0.25) is 0 Å². The summed E-state index contributed by atoms with van der Waals surface area (Å²) in [6.07, 6.45) is 1.51. The van der Waals surface area contributed by atoms with E-state index in [0.717, 1.165) is 6.42 Å². The minimum absolute atomic E-state index is 0.391. The van der Waals surface area contributed by atoms with Gasteiger partial charge in [-0.3, -0.25) is 4.79 Å². The normalized spacial score (nSPS) is 18.5. The number of alkyl halides is 2. The van der Waals surface area contributed by atoms with E-state index < -0.39 is 23.6 Å². The highest BCUT2D eigenvalue weighted by atomic mass is 19.3. The lowest BCUT2D eigenvalue weighted by molar-refractivity contribution is -0.174. The van der Waals surface area contributed by atoms with Gasteiger partial charge >= 0.3 is 11.9 Å². The first-order valence-corrected chi connectivity index (χ1v) is 3.61. The topological polar surface area (TPSA) is 54.4 Å². The van der Waals surface area contributed by atoms with Crippen LogP contribution in [-0.2, 0) is 9.59 Å². The van der Waals surface area contributed by atoms with Gasteiger partial charge in [-0.2, -0.15) is 8.78 Å². The monoisotopic (exact) mass is 178 g/mol. The Bertz CT molecular complexity index is 221. The van der Waals surface area contributed by atoms with Crippen molar-refractivity contribution in [2.24, 2.45) is 5.92 Å². The molecule has 1 rings (SSSR count). The van der Waals surface area contributed by atoms with E-state index in [4.69, 9.17) is 5.11 Å². The molecule has 3 nitrogen and oxygen atoms in total. The zero-order valence-electron chi connectivity index (χ0n) is 6.22. The van der Waals surface area contributed by atoms with Crippen LogP contribution >= 0.6 is 0 Å². The maximum Gasteiger partial charge on any atom is 0.399 e. The maximum atomic E-state index is 12.5. The molecule has 0 aliphatic heterocycles. The van der Waals surface area contributed by atoms with E-state index in [-0.39, 0.29) is 0 Å². The van der Waals surface area contributed by atoms with Gasteiger partial charge in [0.25, 0.3) is 0 Å². The van der Waals surface area contributed by atoms with Gasteiger partial charge in [0.05, 0.1) is 0 Å². The van der Waals surface area contributed by atoms with Crippen molar-refractivity contribution < 1.29 is 23.5 Å². The van der Waals surface area contributed by atoms with Crippen molar-refractivity contribution in [3.8, 4) is 0 Å². The molecule has 1 fully saturated rings. The molecule has 0 spiro atoms. The fourth-order valence-corrected chi connectivity index (χ4v) is 1.03. The van der Waals surface area contributed by atoms with E-state index in [0.29, 0.717) is 12.8 Å². The Hall–Kier alpha value is -1.00. The van der Waals surface area contributed by atoms with E-state index in [1.54, 1.807) is 0 Å². The number of Topliss-reactive ketones (excluding diaryl/α,β-unsaturated/α-hetero) is 1. The third-order valence-electron chi connectivity index (χ3n) is 2.05. The molecule has 0 aromatic heterocycles. The van der Waals surface area contributed by atoms with Crippen molar-refractivity contribution in [3.05, 3.63) is 0 Å². The van der Waals surface area contributed by atoms with E-state index in [1.807, 2.05) is 0 Å². The summed E-state index contributed by atoms with van der Waals surface area (Å²) >= 11 is 0. The van der Waals surface area contributed by atoms with Crippen LogP contribution in [0.4, 0.5) is 8.78 Å². The van der Waals surface area contributed by atoms with Crippen LogP contribution in [0.5, 0.6) is 0 Å². The highest BCUT2D eigenvalue weighted by Gasteiger charge is 2.51. The van der Waals surface area contributed by atoms with E-state index >= 15 is 0 Å². The fraction of sp³-hybridized carbons (Fsp3) is 0.714. The van der Waals surface area contributed by atoms with Crippen molar-refractivity contribution in [1.82, 2.24) is 0 Å². The molecule has 5 heteroatoms. The number of carbonyl (C=O) groups excluding carboxylic acids is 1. The summed E-state index contributed by atoms with van der Waals surface area (Å²) < 4.78 is 24.9. The van der Waals surface area contributed by atoms with Crippen molar-refractivity contribution in [2.45, 2.75) is 25.2 Å². The molecule has 0 radical (unpaired) electrons. The zero-order chi connectivity index (χ0) is 9.35. The minimum atomic E-state index is -4.19. The SMILES string of the molecule is O=C(O)C(F)(F)C(=O)C1CCC1. The molecule has 12 heavy (non-hydrogen) atoms. The quantitative estimate of drug-likeness (QED) is 0.658. The molecule has 1 saturated carbocycles. The average molecular weight is 178 g/mol. The summed E-state index contributed by atoms with van der Waals surface area (Å²) in [5.41, 5.74) is 0. The maximum absolute atomic E-state index is 12.5. The van der Waals surface area contributed by atoms with Gasteiger partial charge in [-0.1, -0.05) is 6.42 Å². The molecule has 68 valence electrons. The first-order chi connectivity index (χ1) is 5.46. The lowest BCUT2D eigenvalue weighted by atomic mass is 9.80. The standard InChI is InChI=1S/C7H8F2O3/c8-7(9,6(11)12)5(10)4-2-1-3-4/h4H,1-3H2,(H,11,12). The largest absolute Gasteiger partial charge is 0.476 e. The summed E-state index contributed by atoms with van der Waals surface area (Å²) in [6, 6.07) is 0. The first-order valence-electron chi connectivity index (χ1n) is 3.61. The van der Waals surface area contributed by atoms with Gasteiger partial charge in [0.1, 0.15) is 0 Å². The lowest BCUT2D eigenvalue weighted by Crippen LogP contribution is -2.43. The zero-order valence-corrected chi connectivity index (χ0v) is 6.22. The number of carbonyl (C=O) groups is 2. The number of rotatable bonds is 3. The van der Waals surface area contributed by atoms with E-state index in [1.165, 1.54) is 0 Å². The number of ketones is 1. The second kappa shape index (κ2) is 2.80. The van der Waals surface area contributed by atoms with Crippen LogP contribution in [0, 0.1) is 5.92 Å². The van der Waals surface area contributed by atoms with Crippen LogP contribution < -0.4 is 0 Å². The van der Waals surface area contributed by atoms with Crippen LogP contribution in [0.1, 0.15) is 19.3 Å². The molecule has 1 aliphatic rings. The van der Waals surface area contributed by atoms with E-state index in [9.17, 15) is 18.4 Å². The van der Waals surface area contributed by atoms with Crippen LogP contribution in [-0.4, -0.2) is 22.8 Å². The molecule has 0 aromatic carbocycles. The molecule has 0 unspecified atom stereocenters. The molecule has 1 aliphatic carbocycles. The van der Waals surface area contributed by atoms with Gasteiger partial charge in [0.2, 0.25) is 5.78 Å². The fourth-order valence-electron chi connectivity index (χ4n) is 1.03. The number of carboxylic acid groups (broad SMARTS) is 1. The molecular formula is C7H8F2O3. The lowest BCUT2D eigenvalue weighted by Gasteiger charge is -2.25. The molecule has 0 amide bonds. The van der Waals surface area contributed by atoms with Gasteiger partial charge in [-0.05, 0) is 12.8 Å². The summed E-state index contributed by atoms with van der Waals surface area (Å²) in [7, 11) is 0. The Kier molecular flexibility index (Phi) is 2.12. The Labute approximate surface area is 67.4 Å². The molecule has 0 heterocycles. The van der Waals surface area contributed by atoms with Crippen LogP contribution in [0.15, 0.2) is 0 Å². The number of hydrogen-bond donors (Lipinski definition) is 1. The first kappa shape index (κ1) is 9.09. The van der Waals surface area contributed by atoms with Crippen LogP contribution in [0.25, 0.3) is 0 Å². The third kappa shape index (κ3) is 1.31. The number of halogens is 2. The predicted molar refractivity (Wildman–Crippen MR) is 34.9 cm³/mol. The molecule has 1 N–H and O–H groups in total. The summed E-state index contributed by atoms with van der Waals surface area (Å²) in [5.74, 6) is -8.72. The Morgan fingerprint density at radius 1 is 1.33 bits per heavy atom. The predicted octanol–water partition coefficient (Wildman–Crippen LogP) is 1.08. The molecule has 0 bridgehead atoms. The van der Waals surface area contributed by atoms with Crippen LogP contribution in [0.3, 0.4) is 0 Å². The summed E-state index contributed by atoms with van der Waals surface area (Å²) in [4.78, 5) is 20.7. The van der Waals surface area contributed by atoms with Gasteiger partial charge in [0, 0.05) is 5.92 Å². The smallest absolute Gasteiger partial charge is 0.399 e. The highest BCUT2D eigenvalue weighted by Crippen LogP contribution is 2.33. The Balaban J connectivity index is 2.66. The van der Waals surface area contributed by atoms with Crippen molar-refractivity contribution in [3.63, 3.8) is 0 Å². The number of hydrogen-bond acceptors (Lipinski definition) is 2. The Morgan fingerprint density at radius 3 is 2.08 bits per heavy atom. The van der Waals surface area contributed by atoms with Gasteiger partial charge < -0.3 is 5.11 Å². The Morgan fingerprint density at radius 2 is 1.83 bits per heavy atom. The number of aliphatic carboxylic acids is 1. The molecular weight excluding hydrogens is 170 g/mol. The van der Waals surface area contributed by atoms with Gasteiger partial charge in [-0.25, -0.2) is 4.79 Å². The van der Waals surface area contributed by atoms with Gasteiger partial charge in [-0.15, -0.1) is 0 Å². The summed E-state index contributed by atoms with van der Waals surface area (Å²) in [5, 5.41) is 8.01. The van der Waals surface area contributed by atoms with E-state index in [2.05, 4.69) is 0 Å². The van der Waals surface area contributed by atoms with Gasteiger partial charge in [0.15, 0.2) is 0 Å². The average Bonchev–Trinajstić information content (AvgIpc) is 1.83. The van der Waals surface area contributed by atoms with Crippen molar-refractivity contribution >= 4 is 11.8 Å². The number of carboxylic acids is 1. The van der Waals surface area contributed by atoms with Crippen molar-refractivity contribution in [1.29, 1.82) is 0 Å². The second-order valence-corrected chi connectivity index (χ2v) is 2.87.